The molecule has 0 spiro atoms. The topological polar surface area (TPSA) is 34.0 Å². The number of aromatic nitrogens is 1. The zero-order valence-corrected chi connectivity index (χ0v) is 19.3. The number of fused-ring (bicyclic) bond motifs is 1. The van der Waals surface area contributed by atoms with Gasteiger partial charge in [0.2, 0.25) is 0 Å². The molecule has 5 rings (SSSR count). The highest BCUT2D eigenvalue weighted by Gasteiger charge is 2.28. The molecule has 2 aliphatic carbocycles. The van der Waals surface area contributed by atoms with E-state index < -0.39 is 0 Å². The van der Waals surface area contributed by atoms with Crippen molar-refractivity contribution in [3.05, 3.63) is 77.5 Å². The normalized spacial score (nSPS) is 22.9. The fourth-order valence-corrected chi connectivity index (χ4v) is 5.61. The Balaban J connectivity index is 1.43. The molecule has 1 N–H and O–H groups in total. The van der Waals surface area contributed by atoms with Crippen molar-refractivity contribution in [2.75, 3.05) is 0 Å². The van der Waals surface area contributed by atoms with Gasteiger partial charge >= 0.3 is 0 Å². The van der Waals surface area contributed by atoms with Crippen LogP contribution in [0.5, 0.6) is 0 Å². The van der Waals surface area contributed by atoms with E-state index in [-0.39, 0.29) is 11.9 Å². The van der Waals surface area contributed by atoms with E-state index in [2.05, 4.69) is 72.3 Å². The molecule has 3 heteroatoms. The van der Waals surface area contributed by atoms with Gasteiger partial charge in [-0.2, -0.15) is 0 Å². The summed E-state index contributed by atoms with van der Waals surface area (Å²) in [6, 6.07) is 21.5. The first-order valence-corrected chi connectivity index (χ1v) is 12.3. The third kappa shape index (κ3) is 4.01. The van der Waals surface area contributed by atoms with Gasteiger partial charge in [0.15, 0.2) is 0 Å². The number of aryl methyl sites for hydroxylation is 1. The van der Waals surface area contributed by atoms with Gasteiger partial charge in [-0.05, 0) is 85.4 Å². The van der Waals surface area contributed by atoms with Crippen LogP contribution in [0.3, 0.4) is 0 Å². The first-order chi connectivity index (χ1) is 15.6. The Bertz CT molecular complexity index is 1080. The summed E-state index contributed by atoms with van der Waals surface area (Å²) >= 11 is 0. The summed E-state index contributed by atoms with van der Waals surface area (Å²) in [4.78, 5) is 13.0. The van der Waals surface area contributed by atoms with Crippen molar-refractivity contribution >= 4 is 5.91 Å². The quantitative estimate of drug-likeness (QED) is 0.502. The molecule has 1 fully saturated rings. The lowest BCUT2D eigenvalue weighted by Crippen LogP contribution is -2.43. The first kappa shape index (κ1) is 21.1. The number of carbonyl (C=O) groups is 1. The number of rotatable bonds is 4. The van der Waals surface area contributed by atoms with Gasteiger partial charge < -0.3 is 9.88 Å². The molecule has 3 unspecified atom stereocenters. The van der Waals surface area contributed by atoms with Crippen LogP contribution < -0.4 is 5.32 Å². The van der Waals surface area contributed by atoms with Crippen LogP contribution >= 0.6 is 0 Å². The second-order valence-corrected chi connectivity index (χ2v) is 9.80. The Morgan fingerprint density at radius 2 is 1.66 bits per heavy atom. The van der Waals surface area contributed by atoms with Gasteiger partial charge in [0, 0.05) is 23.0 Å². The van der Waals surface area contributed by atoms with Crippen LogP contribution in [0.25, 0.3) is 16.9 Å². The molecule has 0 aliphatic heterocycles. The minimum Gasteiger partial charge on any atom is -0.349 e. The Morgan fingerprint density at radius 1 is 0.906 bits per heavy atom. The van der Waals surface area contributed by atoms with E-state index in [0.29, 0.717) is 11.8 Å². The lowest BCUT2D eigenvalue weighted by Gasteiger charge is -2.34. The highest BCUT2D eigenvalue weighted by atomic mass is 16.1. The molecule has 1 amide bonds. The molecular weight excluding hydrogens is 392 g/mol. The average Bonchev–Trinajstić information content (AvgIpc) is 3.22. The molecule has 3 nitrogen and oxygen atoms in total. The van der Waals surface area contributed by atoms with Crippen LogP contribution in [0.2, 0.25) is 0 Å². The molecule has 1 saturated carbocycles. The Labute approximate surface area is 191 Å². The van der Waals surface area contributed by atoms with Gasteiger partial charge in [-0.1, -0.05) is 57.0 Å². The van der Waals surface area contributed by atoms with Crippen molar-refractivity contribution in [2.24, 2.45) is 11.8 Å². The lowest BCUT2D eigenvalue weighted by atomic mass is 9.78. The highest BCUT2D eigenvalue weighted by molar-refractivity contribution is 5.94. The molecule has 0 bridgehead atoms. The van der Waals surface area contributed by atoms with Crippen molar-refractivity contribution in [2.45, 2.75) is 64.8 Å². The van der Waals surface area contributed by atoms with Crippen LogP contribution in [0.4, 0.5) is 0 Å². The molecule has 32 heavy (non-hydrogen) atoms. The number of hydrogen-bond acceptors (Lipinski definition) is 1. The number of nitrogens with zero attached hydrogens (tertiary/aromatic N) is 1. The lowest BCUT2D eigenvalue weighted by molar-refractivity contribution is 0.0891. The third-order valence-electron chi connectivity index (χ3n) is 7.78. The van der Waals surface area contributed by atoms with Crippen LogP contribution in [0, 0.1) is 11.8 Å². The van der Waals surface area contributed by atoms with Crippen molar-refractivity contribution < 1.29 is 4.79 Å². The zero-order chi connectivity index (χ0) is 22.1. The maximum Gasteiger partial charge on any atom is 0.251 e. The molecule has 0 radical (unpaired) electrons. The second-order valence-electron chi connectivity index (χ2n) is 9.80. The van der Waals surface area contributed by atoms with Gasteiger partial charge in [0.25, 0.3) is 5.91 Å². The minimum atomic E-state index is 0.0558. The summed E-state index contributed by atoms with van der Waals surface area (Å²) in [5.41, 5.74) is 7.28. The second kappa shape index (κ2) is 8.97. The number of carbonyl (C=O) groups excluding carboxylic acids is 1. The smallest absolute Gasteiger partial charge is 0.251 e. The predicted octanol–water partition coefficient (Wildman–Crippen LogP) is 6.58. The molecule has 1 aromatic heterocycles. The van der Waals surface area contributed by atoms with E-state index in [0.717, 1.165) is 30.5 Å². The van der Waals surface area contributed by atoms with E-state index in [9.17, 15) is 4.79 Å². The molecule has 3 aromatic rings. The van der Waals surface area contributed by atoms with Crippen molar-refractivity contribution in [3.8, 4) is 16.9 Å². The van der Waals surface area contributed by atoms with Crippen LogP contribution in [-0.2, 0) is 12.8 Å². The summed E-state index contributed by atoms with van der Waals surface area (Å²) in [6.45, 7) is 4.58. The summed E-state index contributed by atoms with van der Waals surface area (Å²) in [6.07, 6.45) is 8.34. The fraction of sp³-hybridized carbons (Fsp3) is 0.414. The minimum absolute atomic E-state index is 0.0558. The standard InChI is InChI=1S/C29H34N2O/c1-20-9-8-13-26(21(20)2)30-29(32)23-15-17-25(18-16-23)31-27-14-7-6-12-24(27)19-28(31)22-10-4-3-5-11-22/h3-5,10-11,15-21,26H,6-9,12-14H2,1-2H3,(H,30,32). The van der Waals surface area contributed by atoms with Gasteiger partial charge in [0.1, 0.15) is 0 Å². The maximum atomic E-state index is 13.0. The summed E-state index contributed by atoms with van der Waals surface area (Å²) in [5, 5.41) is 3.31. The van der Waals surface area contributed by atoms with Crippen molar-refractivity contribution in [3.63, 3.8) is 0 Å². The monoisotopic (exact) mass is 426 g/mol. The number of amides is 1. The first-order valence-electron chi connectivity index (χ1n) is 12.3. The van der Waals surface area contributed by atoms with E-state index in [1.54, 1.807) is 0 Å². The molecule has 1 heterocycles. The van der Waals surface area contributed by atoms with E-state index in [1.165, 1.54) is 48.2 Å². The highest BCUT2D eigenvalue weighted by Crippen LogP contribution is 2.34. The Morgan fingerprint density at radius 3 is 2.44 bits per heavy atom. The van der Waals surface area contributed by atoms with Crippen molar-refractivity contribution in [1.29, 1.82) is 0 Å². The van der Waals surface area contributed by atoms with E-state index >= 15 is 0 Å². The van der Waals surface area contributed by atoms with E-state index in [1.807, 2.05) is 12.1 Å². The Kier molecular flexibility index (Phi) is 5.91. The number of hydrogen-bond donors (Lipinski definition) is 1. The van der Waals surface area contributed by atoms with Crippen LogP contribution in [-0.4, -0.2) is 16.5 Å². The molecule has 0 saturated heterocycles. The van der Waals surface area contributed by atoms with Crippen LogP contribution in [0.1, 0.15) is 67.6 Å². The van der Waals surface area contributed by atoms with Crippen molar-refractivity contribution in [1.82, 2.24) is 9.88 Å². The predicted molar refractivity (Wildman–Crippen MR) is 131 cm³/mol. The molecule has 3 atom stereocenters. The molecule has 2 aliphatic rings. The van der Waals surface area contributed by atoms with E-state index in [4.69, 9.17) is 0 Å². The fourth-order valence-electron chi connectivity index (χ4n) is 5.61. The summed E-state index contributed by atoms with van der Waals surface area (Å²) in [5.74, 6) is 1.26. The van der Waals surface area contributed by atoms with Crippen LogP contribution in [0.15, 0.2) is 60.7 Å². The average molecular weight is 427 g/mol. The summed E-state index contributed by atoms with van der Waals surface area (Å²) < 4.78 is 2.41. The molecule has 166 valence electrons. The van der Waals surface area contributed by atoms with Gasteiger partial charge in [-0.3, -0.25) is 4.79 Å². The van der Waals surface area contributed by atoms with Gasteiger partial charge in [0.05, 0.1) is 5.69 Å². The molecule has 2 aromatic carbocycles. The van der Waals surface area contributed by atoms with Gasteiger partial charge in [-0.15, -0.1) is 0 Å². The SMILES string of the molecule is CC1CCCC(NC(=O)c2ccc(-n3c(-c4ccccc4)cc4c3CCCC4)cc2)C1C. The number of benzene rings is 2. The number of nitrogens with one attached hydrogen (secondary N) is 1. The molecular formula is C29H34N2O. The summed E-state index contributed by atoms with van der Waals surface area (Å²) in [7, 11) is 0. The zero-order valence-electron chi connectivity index (χ0n) is 19.3. The van der Waals surface area contributed by atoms with Gasteiger partial charge in [-0.25, -0.2) is 0 Å². The Hall–Kier alpha value is -2.81. The largest absolute Gasteiger partial charge is 0.349 e. The third-order valence-corrected chi connectivity index (χ3v) is 7.78. The maximum absolute atomic E-state index is 13.0.